The second-order valence-electron chi connectivity index (χ2n) is 6.87. The van der Waals surface area contributed by atoms with Crippen molar-refractivity contribution in [1.82, 2.24) is 10.2 Å². The Morgan fingerprint density at radius 1 is 1.20 bits per heavy atom. The molecule has 1 saturated heterocycles. The molecule has 0 spiro atoms. The quantitative estimate of drug-likeness (QED) is 0.903. The summed E-state index contributed by atoms with van der Waals surface area (Å²) < 4.78 is 0. The topological polar surface area (TPSA) is 15.3 Å². The highest BCUT2D eigenvalue weighted by Gasteiger charge is 2.32. The molecule has 2 heteroatoms. The first-order valence-corrected chi connectivity index (χ1v) is 8.16. The van der Waals surface area contributed by atoms with Gasteiger partial charge in [0.05, 0.1) is 0 Å². The zero-order valence-electron chi connectivity index (χ0n) is 13.2. The van der Waals surface area contributed by atoms with E-state index < -0.39 is 0 Å². The number of nitrogens with zero attached hydrogens (tertiary/aromatic N) is 1. The minimum absolute atomic E-state index is 0.593. The molecule has 2 unspecified atom stereocenters. The van der Waals surface area contributed by atoms with E-state index in [0.717, 1.165) is 12.0 Å². The molecule has 1 N–H and O–H groups in total. The zero-order chi connectivity index (χ0) is 14.1. The number of rotatable bonds is 4. The molecular formula is C18H28N2. The number of likely N-dealkylation sites (tertiary alicyclic amines) is 1. The Morgan fingerprint density at radius 3 is 2.70 bits per heavy atom. The lowest BCUT2D eigenvalue weighted by Crippen LogP contribution is -2.41. The van der Waals surface area contributed by atoms with Crippen LogP contribution < -0.4 is 5.32 Å². The van der Waals surface area contributed by atoms with Crippen molar-refractivity contribution in [3.8, 4) is 0 Å². The fourth-order valence-corrected chi connectivity index (χ4v) is 3.73. The van der Waals surface area contributed by atoms with E-state index in [1.165, 1.54) is 49.9 Å². The van der Waals surface area contributed by atoms with E-state index in [4.69, 9.17) is 0 Å². The Bertz CT molecular complexity index is 464. The van der Waals surface area contributed by atoms with Gasteiger partial charge in [-0.15, -0.1) is 0 Å². The molecule has 1 aliphatic heterocycles. The van der Waals surface area contributed by atoms with Crippen LogP contribution in [0.15, 0.2) is 18.2 Å². The number of nitrogens with one attached hydrogen (secondary N) is 1. The van der Waals surface area contributed by atoms with Crippen LogP contribution >= 0.6 is 0 Å². The van der Waals surface area contributed by atoms with Gasteiger partial charge in [0.2, 0.25) is 0 Å². The number of piperidine rings is 1. The van der Waals surface area contributed by atoms with Gasteiger partial charge in [-0.3, -0.25) is 4.90 Å². The van der Waals surface area contributed by atoms with Gasteiger partial charge in [0.15, 0.2) is 0 Å². The summed E-state index contributed by atoms with van der Waals surface area (Å²) >= 11 is 0. The van der Waals surface area contributed by atoms with E-state index in [0.29, 0.717) is 6.04 Å². The van der Waals surface area contributed by atoms with Gasteiger partial charge in [0, 0.05) is 18.6 Å². The summed E-state index contributed by atoms with van der Waals surface area (Å²) in [6.07, 6.45) is 5.48. The van der Waals surface area contributed by atoms with Gasteiger partial charge in [-0.05, 0) is 70.2 Å². The van der Waals surface area contributed by atoms with E-state index >= 15 is 0 Å². The molecule has 2 fully saturated rings. The molecular weight excluding hydrogens is 244 g/mol. The van der Waals surface area contributed by atoms with Crippen molar-refractivity contribution >= 4 is 0 Å². The first kappa shape index (κ1) is 14.1. The molecule has 1 saturated carbocycles. The fourth-order valence-electron chi connectivity index (χ4n) is 3.73. The predicted octanol–water partition coefficient (Wildman–Crippen LogP) is 3.44. The molecule has 0 bridgehead atoms. The van der Waals surface area contributed by atoms with Gasteiger partial charge in [-0.25, -0.2) is 0 Å². The van der Waals surface area contributed by atoms with Crippen LogP contribution in [0.3, 0.4) is 0 Å². The summed E-state index contributed by atoms with van der Waals surface area (Å²) in [5, 5.41) is 3.75. The average Bonchev–Trinajstić information content (AvgIpc) is 3.22. The second kappa shape index (κ2) is 5.87. The molecule has 1 aromatic carbocycles. The maximum Gasteiger partial charge on any atom is 0.0387 e. The van der Waals surface area contributed by atoms with Crippen molar-refractivity contribution in [3.05, 3.63) is 34.9 Å². The molecule has 1 heterocycles. The minimum Gasteiger partial charge on any atom is -0.314 e. The lowest BCUT2D eigenvalue weighted by atomic mass is 9.83. The summed E-state index contributed by atoms with van der Waals surface area (Å²) in [4.78, 5) is 2.57. The smallest absolute Gasteiger partial charge is 0.0387 e. The third-order valence-electron chi connectivity index (χ3n) is 5.00. The Morgan fingerprint density at radius 2 is 2.00 bits per heavy atom. The molecule has 2 nitrogen and oxygen atoms in total. The summed E-state index contributed by atoms with van der Waals surface area (Å²) in [5.74, 6) is 0.760. The zero-order valence-corrected chi connectivity index (χ0v) is 13.2. The first-order chi connectivity index (χ1) is 9.65. The molecule has 0 radical (unpaired) electrons. The molecule has 0 amide bonds. The van der Waals surface area contributed by atoms with Gasteiger partial charge >= 0.3 is 0 Å². The Labute approximate surface area is 123 Å². The highest BCUT2D eigenvalue weighted by molar-refractivity contribution is 5.33. The highest BCUT2D eigenvalue weighted by atomic mass is 15.1. The molecule has 2 atom stereocenters. The minimum atomic E-state index is 0.593. The maximum absolute atomic E-state index is 3.75. The van der Waals surface area contributed by atoms with Gasteiger partial charge in [-0.2, -0.15) is 0 Å². The molecule has 20 heavy (non-hydrogen) atoms. The summed E-state index contributed by atoms with van der Waals surface area (Å²) in [7, 11) is 2.30. The molecule has 0 aromatic heterocycles. The fraction of sp³-hybridized carbons (Fsp3) is 0.667. The molecule has 1 aliphatic carbocycles. The average molecular weight is 272 g/mol. The number of benzene rings is 1. The molecule has 1 aromatic rings. The van der Waals surface area contributed by atoms with Crippen LogP contribution in [0.5, 0.6) is 0 Å². The monoisotopic (exact) mass is 272 g/mol. The first-order valence-electron chi connectivity index (χ1n) is 8.16. The Kier molecular flexibility index (Phi) is 4.13. The Hall–Kier alpha value is -0.860. The van der Waals surface area contributed by atoms with Crippen LogP contribution in [0.1, 0.15) is 48.4 Å². The van der Waals surface area contributed by atoms with Crippen LogP contribution in [0, 0.1) is 19.8 Å². The van der Waals surface area contributed by atoms with Gasteiger partial charge in [0.25, 0.3) is 0 Å². The van der Waals surface area contributed by atoms with Crippen LogP contribution in [-0.2, 0) is 0 Å². The van der Waals surface area contributed by atoms with E-state index in [1.54, 1.807) is 5.56 Å². The van der Waals surface area contributed by atoms with Crippen LogP contribution in [-0.4, -0.2) is 31.1 Å². The molecule has 2 aliphatic rings. The number of aryl methyl sites for hydroxylation is 2. The van der Waals surface area contributed by atoms with Gasteiger partial charge in [0.1, 0.15) is 0 Å². The number of hydrogen-bond donors (Lipinski definition) is 1. The van der Waals surface area contributed by atoms with E-state index in [9.17, 15) is 0 Å². The highest BCUT2D eigenvalue weighted by Crippen LogP contribution is 2.36. The van der Waals surface area contributed by atoms with Gasteiger partial charge in [-0.1, -0.05) is 23.8 Å². The molecule has 3 rings (SSSR count). The van der Waals surface area contributed by atoms with E-state index in [2.05, 4.69) is 49.3 Å². The van der Waals surface area contributed by atoms with Crippen LogP contribution in [0.2, 0.25) is 0 Å². The van der Waals surface area contributed by atoms with Crippen molar-refractivity contribution < 1.29 is 0 Å². The van der Waals surface area contributed by atoms with Crippen molar-refractivity contribution in [2.45, 2.75) is 51.6 Å². The third kappa shape index (κ3) is 3.07. The van der Waals surface area contributed by atoms with Crippen molar-refractivity contribution in [1.29, 1.82) is 0 Å². The van der Waals surface area contributed by atoms with Crippen molar-refractivity contribution in [3.63, 3.8) is 0 Å². The Balaban J connectivity index is 1.80. The normalized spacial score (nSPS) is 27.8. The number of hydrogen-bond acceptors (Lipinski definition) is 2. The third-order valence-corrected chi connectivity index (χ3v) is 5.00. The van der Waals surface area contributed by atoms with E-state index in [-0.39, 0.29) is 0 Å². The second-order valence-corrected chi connectivity index (χ2v) is 6.87. The standard InChI is InChI=1S/C18H28N2/c1-13-6-9-17(14(2)11-13)18-15(5-4-10-20(18)3)12-19-16-7-8-16/h6,9,11,15-16,18-19H,4-5,7-8,10,12H2,1-3H3. The van der Waals surface area contributed by atoms with Gasteiger partial charge < -0.3 is 5.32 Å². The summed E-state index contributed by atoms with van der Waals surface area (Å²) in [6, 6.07) is 8.39. The van der Waals surface area contributed by atoms with Crippen molar-refractivity contribution in [2.75, 3.05) is 20.1 Å². The lowest BCUT2D eigenvalue weighted by molar-refractivity contribution is 0.119. The maximum atomic E-state index is 3.75. The van der Waals surface area contributed by atoms with E-state index in [1.807, 2.05) is 0 Å². The largest absolute Gasteiger partial charge is 0.314 e. The lowest BCUT2D eigenvalue weighted by Gasteiger charge is -2.40. The SMILES string of the molecule is Cc1ccc(C2C(CNC3CC3)CCCN2C)c(C)c1. The van der Waals surface area contributed by atoms with Crippen LogP contribution in [0.4, 0.5) is 0 Å². The summed E-state index contributed by atoms with van der Waals surface area (Å²) in [6.45, 7) is 6.88. The van der Waals surface area contributed by atoms with Crippen molar-refractivity contribution in [2.24, 2.45) is 5.92 Å². The van der Waals surface area contributed by atoms with Crippen LogP contribution in [0.25, 0.3) is 0 Å². The summed E-state index contributed by atoms with van der Waals surface area (Å²) in [5.41, 5.74) is 4.37. The predicted molar refractivity (Wildman–Crippen MR) is 85.0 cm³/mol. The molecule has 110 valence electrons.